The molecule has 0 saturated carbocycles. The molecule has 1 atom stereocenters. The highest BCUT2D eigenvalue weighted by molar-refractivity contribution is 6.03. The van der Waals surface area contributed by atoms with Crippen molar-refractivity contribution in [1.82, 2.24) is 15.3 Å². The van der Waals surface area contributed by atoms with Crippen molar-refractivity contribution < 1.29 is 14.7 Å². The number of H-pyrrole nitrogens is 1. The lowest BCUT2D eigenvalue weighted by Gasteiger charge is -2.19. The summed E-state index contributed by atoms with van der Waals surface area (Å²) in [7, 11) is 0. The number of nitrogens with one attached hydrogen (secondary N) is 3. The van der Waals surface area contributed by atoms with Gasteiger partial charge in [-0.25, -0.2) is 9.78 Å². The second-order valence-electron chi connectivity index (χ2n) is 8.00. The Balaban J connectivity index is 1.94. The first-order valence-corrected chi connectivity index (χ1v) is 10.3. The van der Waals surface area contributed by atoms with Gasteiger partial charge in [-0.05, 0) is 48.1 Å². The molecule has 0 unspecified atom stereocenters. The largest absolute Gasteiger partial charge is 0.480 e. The second-order valence-corrected chi connectivity index (χ2v) is 8.00. The van der Waals surface area contributed by atoms with Gasteiger partial charge in [0.15, 0.2) is 0 Å². The maximum atomic E-state index is 13.2. The highest BCUT2D eigenvalue weighted by Gasteiger charge is 2.24. The van der Waals surface area contributed by atoms with E-state index in [0.717, 1.165) is 28.1 Å². The molecule has 0 aliphatic carbocycles. The quantitative estimate of drug-likeness (QED) is 0.414. The minimum atomic E-state index is -1.03. The van der Waals surface area contributed by atoms with E-state index in [0.29, 0.717) is 18.5 Å². The summed E-state index contributed by atoms with van der Waals surface area (Å²) in [6, 6.07) is 12.4. The van der Waals surface area contributed by atoms with Crippen LogP contribution in [0.4, 0.5) is 5.69 Å². The summed E-state index contributed by atoms with van der Waals surface area (Å²) in [4.78, 5) is 31.9. The van der Waals surface area contributed by atoms with E-state index in [-0.39, 0.29) is 5.92 Å². The zero-order valence-corrected chi connectivity index (χ0v) is 18.0. The number of hydrogen-bond donors (Lipinski definition) is 4. The maximum absolute atomic E-state index is 13.2. The highest BCUT2D eigenvalue weighted by Crippen LogP contribution is 2.29. The first kappa shape index (κ1) is 22.1. The Morgan fingerprint density at radius 3 is 2.55 bits per heavy atom. The van der Waals surface area contributed by atoms with Gasteiger partial charge in [0.2, 0.25) is 0 Å². The van der Waals surface area contributed by atoms with Gasteiger partial charge in [-0.1, -0.05) is 44.2 Å². The monoisotopic (exact) mass is 420 g/mol. The van der Waals surface area contributed by atoms with E-state index in [1.54, 1.807) is 18.6 Å². The second kappa shape index (κ2) is 9.93. The number of carboxylic acid groups (broad SMARTS) is 1. The van der Waals surface area contributed by atoms with Crippen molar-refractivity contribution >= 4 is 17.6 Å². The van der Waals surface area contributed by atoms with Crippen molar-refractivity contribution in [3.63, 3.8) is 0 Å². The van der Waals surface area contributed by atoms with Crippen molar-refractivity contribution in [2.45, 2.75) is 39.8 Å². The fourth-order valence-corrected chi connectivity index (χ4v) is 3.46. The Morgan fingerprint density at radius 1 is 1.13 bits per heavy atom. The molecule has 0 aliphatic rings. The fraction of sp³-hybridized carbons (Fsp3) is 0.292. The number of imidazole rings is 1. The molecule has 3 aromatic rings. The Hall–Kier alpha value is -3.61. The SMILES string of the molecule is Cc1ccccc1-c1ccc(NCc2cnc[nH]2)cc1C(=O)N[C@@H](CC(C)C)C(=O)O. The van der Waals surface area contributed by atoms with Gasteiger partial charge in [-0.3, -0.25) is 4.79 Å². The number of carbonyl (C=O) groups excluding carboxylic acids is 1. The number of aromatic nitrogens is 2. The minimum Gasteiger partial charge on any atom is -0.480 e. The Labute approximate surface area is 181 Å². The van der Waals surface area contributed by atoms with Crippen LogP contribution in [0.25, 0.3) is 11.1 Å². The summed E-state index contributed by atoms with van der Waals surface area (Å²) >= 11 is 0. The molecule has 7 nitrogen and oxygen atoms in total. The molecule has 1 amide bonds. The van der Waals surface area contributed by atoms with Crippen LogP contribution in [0.5, 0.6) is 0 Å². The van der Waals surface area contributed by atoms with Crippen LogP contribution in [0.3, 0.4) is 0 Å². The number of rotatable bonds is 9. The number of amides is 1. The van der Waals surface area contributed by atoms with E-state index >= 15 is 0 Å². The molecule has 7 heteroatoms. The summed E-state index contributed by atoms with van der Waals surface area (Å²) in [5.74, 6) is -1.30. The van der Waals surface area contributed by atoms with E-state index in [2.05, 4.69) is 20.6 Å². The van der Waals surface area contributed by atoms with Gasteiger partial charge in [-0.15, -0.1) is 0 Å². The van der Waals surface area contributed by atoms with Crippen LogP contribution >= 0.6 is 0 Å². The van der Waals surface area contributed by atoms with Crippen molar-refractivity contribution in [2.75, 3.05) is 5.32 Å². The molecule has 3 rings (SSSR count). The van der Waals surface area contributed by atoms with Crippen LogP contribution in [0.1, 0.15) is 41.9 Å². The molecule has 31 heavy (non-hydrogen) atoms. The summed E-state index contributed by atoms with van der Waals surface area (Å²) < 4.78 is 0. The zero-order chi connectivity index (χ0) is 22.4. The van der Waals surface area contributed by atoms with E-state index in [1.165, 1.54) is 0 Å². The average Bonchev–Trinajstić information content (AvgIpc) is 3.25. The van der Waals surface area contributed by atoms with Crippen molar-refractivity contribution in [3.8, 4) is 11.1 Å². The standard InChI is InChI=1S/C24H28N4O3/c1-15(2)10-22(24(30)31)28-23(29)21-11-17(26-13-18-12-25-14-27-18)8-9-20(21)19-7-5-4-6-16(19)3/h4-9,11-12,14-15,22,26H,10,13H2,1-3H3,(H,25,27)(H,28,29)(H,30,31)/t22-/m0/s1. The fourth-order valence-electron chi connectivity index (χ4n) is 3.46. The van der Waals surface area contributed by atoms with Gasteiger partial charge >= 0.3 is 5.97 Å². The molecule has 0 radical (unpaired) electrons. The number of aliphatic carboxylic acids is 1. The number of benzene rings is 2. The molecule has 1 aromatic heterocycles. The number of aromatic amines is 1. The summed E-state index contributed by atoms with van der Waals surface area (Å²) in [6.07, 6.45) is 3.70. The molecule has 1 heterocycles. The number of anilines is 1. The number of carboxylic acids is 1. The third-order valence-electron chi connectivity index (χ3n) is 5.05. The minimum absolute atomic E-state index is 0.139. The first-order chi connectivity index (χ1) is 14.8. The third-order valence-corrected chi connectivity index (χ3v) is 5.05. The zero-order valence-electron chi connectivity index (χ0n) is 18.0. The molecule has 0 saturated heterocycles. The van der Waals surface area contributed by atoms with Crippen molar-refractivity contribution in [2.24, 2.45) is 5.92 Å². The van der Waals surface area contributed by atoms with Crippen LogP contribution < -0.4 is 10.6 Å². The van der Waals surface area contributed by atoms with E-state index in [4.69, 9.17) is 0 Å². The topological polar surface area (TPSA) is 107 Å². The lowest BCUT2D eigenvalue weighted by atomic mass is 9.94. The van der Waals surface area contributed by atoms with Gasteiger partial charge in [-0.2, -0.15) is 0 Å². The van der Waals surface area contributed by atoms with Crippen LogP contribution in [-0.2, 0) is 11.3 Å². The van der Waals surface area contributed by atoms with Crippen molar-refractivity contribution in [3.05, 3.63) is 71.8 Å². The predicted molar refractivity (Wildman–Crippen MR) is 121 cm³/mol. The lowest BCUT2D eigenvalue weighted by Crippen LogP contribution is -2.41. The Morgan fingerprint density at radius 2 is 1.90 bits per heavy atom. The number of nitrogens with zero attached hydrogens (tertiary/aromatic N) is 1. The average molecular weight is 421 g/mol. The predicted octanol–water partition coefficient (Wildman–Crippen LogP) is 4.23. The van der Waals surface area contributed by atoms with Gasteiger partial charge in [0.05, 0.1) is 18.6 Å². The number of carbonyl (C=O) groups is 2. The molecular formula is C24H28N4O3. The van der Waals surface area contributed by atoms with Crippen LogP contribution in [0.15, 0.2) is 55.0 Å². The summed E-state index contributed by atoms with van der Waals surface area (Å²) in [6.45, 7) is 6.37. The van der Waals surface area contributed by atoms with Gasteiger partial charge in [0.25, 0.3) is 5.91 Å². The normalized spacial score (nSPS) is 11.9. The molecule has 4 N–H and O–H groups in total. The van der Waals surface area contributed by atoms with E-state index in [9.17, 15) is 14.7 Å². The molecule has 2 aromatic carbocycles. The van der Waals surface area contributed by atoms with Crippen LogP contribution in [0, 0.1) is 12.8 Å². The van der Waals surface area contributed by atoms with Crippen LogP contribution in [-0.4, -0.2) is 33.0 Å². The van der Waals surface area contributed by atoms with Gasteiger partial charge < -0.3 is 20.7 Å². The van der Waals surface area contributed by atoms with Crippen molar-refractivity contribution in [1.29, 1.82) is 0 Å². The smallest absolute Gasteiger partial charge is 0.326 e. The number of aryl methyl sites for hydroxylation is 1. The Bertz CT molecular complexity index is 1040. The molecule has 162 valence electrons. The van der Waals surface area contributed by atoms with Gasteiger partial charge in [0.1, 0.15) is 6.04 Å². The third kappa shape index (κ3) is 5.72. The van der Waals surface area contributed by atoms with Gasteiger partial charge in [0, 0.05) is 17.4 Å². The molecule has 0 spiro atoms. The maximum Gasteiger partial charge on any atom is 0.326 e. The van der Waals surface area contributed by atoms with E-state index < -0.39 is 17.9 Å². The van der Waals surface area contributed by atoms with E-state index in [1.807, 2.05) is 57.2 Å². The highest BCUT2D eigenvalue weighted by atomic mass is 16.4. The molecular weight excluding hydrogens is 392 g/mol. The summed E-state index contributed by atoms with van der Waals surface area (Å²) in [5, 5.41) is 15.5. The molecule has 0 aliphatic heterocycles. The molecule has 0 fully saturated rings. The summed E-state index contributed by atoms with van der Waals surface area (Å²) in [5.41, 5.74) is 4.83. The lowest BCUT2D eigenvalue weighted by molar-refractivity contribution is -0.139. The van der Waals surface area contributed by atoms with Crippen LogP contribution in [0.2, 0.25) is 0 Å². The molecule has 0 bridgehead atoms. The number of hydrogen-bond acceptors (Lipinski definition) is 4. The Kier molecular flexibility index (Phi) is 7.07. The first-order valence-electron chi connectivity index (χ1n) is 10.3.